The summed E-state index contributed by atoms with van der Waals surface area (Å²) < 4.78 is 0. The highest BCUT2D eigenvalue weighted by molar-refractivity contribution is 5.85. The zero-order valence-electron chi connectivity index (χ0n) is 15.3. The van der Waals surface area contributed by atoms with E-state index in [4.69, 9.17) is 0 Å². The number of hydrogen-bond acceptors (Lipinski definition) is 3. The first-order valence-electron chi connectivity index (χ1n) is 9.78. The van der Waals surface area contributed by atoms with Crippen LogP contribution in [0.2, 0.25) is 0 Å². The Morgan fingerprint density at radius 3 is 2.36 bits per heavy atom. The summed E-state index contributed by atoms with van der Waals surface area (Å²) in [5, 5.41) is 12.4. The van der Waals surface area contributed by atoms with Crippen molar-refractivity contribution in [3.8, 4) is 0 Å². The second-order valence-electron chi connectivity index (χ2n) is 7.16. The molecule has 0 aromatic rings. The number of piperidine rings is 1. The van der Waals surface area contributed by atoms with Crippen molar-refractivity contribution >= 4 is 24.3 Å². The van der Waals surface area contributed by atoms with Crippen LogP contribution < -0.4 is 21.3 Å². The number of halogens is 1. The molecule has 1 aliphatic carbocycles. The van der Waals surface area contributed by atoms with E-state index in [1.54, 1.807) is 0 Å². The van der Waals surface area contributed by atoms with Gasteiger partial charge in [0.2, 0.25) is 5.91 Å². The van der Waals surface area contributed by atoms with Crippen LogP contribution in [0.15, 0.2) is 0 Å². The van der Waals surface area contributed by atoms with Crippen LogP contribution in [0.4, 0.5) is 4.79 Å². The molecule has 146 valence electrons. The van der Waals surface area contributed by atoms with Gasteiger partial charge in [0.1, 0.15) is 0 Å². The van der Waals surface area contributed by atoms with Gasteiger partial charge in [-0.25, -0.2) is 4.79 Å². The molecule has 0 aromatic heterocycles. The van der Waals surface area contributed by atoms with Crippen LogP contribution in [0.3, 0.4) is 0 Å². The predicted molar refractivity (Wildman–Crippen MR) is 103 cm³/mol. The van der Waals surface area contributed by atoms with Gasteiger partial charge in [0.25, 0.3) is 0 Å². The Hall–Kier alpha value is -1.01. The van der Waals surface area contributed by atoms with Gasteiger partial charge < -0.3 is 21.3 Å². The Bertz CT molecular complexity index is 347. The molecule has 6 nitrogen and oxygen atoms in total. The first kappa shape index (κ1) is 22.0. The Morgan fingerprint density at radius 2 is 1.64 bits per heavy atom. The van der Waals surface area contributed by atoms with E-state index >= 15 is 0 Å². The van der Waals surface area contributed by atoms with Crippen molar-refractivity contribution in [2.24, 2.45) is 0 Å². The molecule has 0 spiro atoms. The number of nitrogens with one attached hydrogen (secondary N) is 4. The minimum atomic E-state index is -0.0376. The number of amides is 3. The van der Waals surface area contributed by atoms with E-state index in [0.29, 0.717) is 25.0 Å². The second-order valence-corrected chi connectivity index (χ2v) is 7.16. The van der Waals surface area contributed by atoms with E-state index in [1.165, 1.54) is 19.3 Å². The molecule has 2 aliphatic rings. The molecule has 0 aromatic carbocycles. The van der Waals surface area contributed by atoms with Gasteiger partial charge in [0.05, 0.1) is 0 Å². The van der Waals surface area contributed by atoms with Gasteiger partial charge >= 0.3 is 6.03 Å². The van der Waals surface area contributed by atoms with Crippen LogP contribution in [-0.4, -0.2) is 43.7 Å². The molecule has 1 unspecified atom stereocenters. The van der Waals surface area contributed by atoms with E-state index in [-0.39, 0.29) is 24.3 Å². The molecule has 2 rings (SSSR count). The van der Waals surface area contributed by atoms with Gasteiger partial charge in [-0.15, -0.1) is 12.4 Å². The number of urea groups is 1. The summed E-state index contributed by atoms with van der Waals surface area (Å²) in [7, 11) is 0. The van der Waals surface area contributed by atoms with Crippen molar-refractivity contribution in [1.29, 1.82) is 0 Å². The minimum Gasteiger partial charge on any atom is -0.352 e. The van der Waals surface area contributed by atoms with Crippen molar-refractivity contribution in [3.05, 3.63) is 0 Å². The Morgan fingerprint density at radius 1 is 0.880 bits per heavy atom. The summed E-state index contributed by atoms with van der Waals surface area (Å²) in [5.41, 5.74) is 0. The molecule has 2 fully saturated rings. The Kier molecular flexibility index (Phi) is 11.7. The van der Waals surface area contributed by atoms with Crippen LogP contribution in [0.1, 0.15) is 70.6 Å². The fourth-order valence-corrected chi connectivity index (χ4v) is 3.55. The molecule has 1 heterocycles. The topological polar surface area (TPSA) is 82.3 Å². The minimum absolute atomic E-state index is 0. The molecular weight excluding hydrogens is 340 g/mol. The monoisotopic (exact) mass is 374 g/mol. The number of hydrogen-bond donors (Lipinski definition) is 4. The molecule has 1 aliphatic heterocycles. The highest BCUT2D eigenvalue weighted by atomic mass is 35.5. The zero-order chi connectivity index (χ0) is 17.0. The predicted octanol–water partition coefficient (Wildman–Crippen LogP) is 2.47. The number of unbranched alkanes of at least 4 members (excludes halogenated alkanes) is 2. The summed E-state index contributed by atoms with van der Waals surface area (Å²) in [5.74, 6) is 0.159. The Balaban J connectivity index is 0.00000312. The van der Waals surface area contributed by atoms with Crippen LogP contribution in [0, 0.1) is 0 Å². The van der Waals surface area contributed by atoms with Crippen LogP contribution >= 0.6 is 12.4 Å². The SMILES string of the molecule is Cl.O=C(CCCCCNC(=O)NC1CCCCC1)NC1CCCNC1. The van der Waals surface area contributed by atoms with Gasteiger partial charge in [0, 0.05) is 31.6 Å². The normalized spacial score (nSPS) is 21.0. The van der Waals surface area contributed by atoms with Crippen molar-refractivity contribution in [2.45, 2.75) is 82.7 Å². The van der Waals surface area contributed by atoms with Gasteiger partial charge in [-0.3, -0.25) is 4.79 Å². The second kappa shape index (κ2) is 13.2. The van der Waals surface area contributed by atoms with Gasteiger partial charge in [-0.2, -0.15) is 0 Å². The van der Waals surface area contributed by atoms with E-state index < -0.39 is 0 Å². The van der Waals surface area contributed by atoms with E-state index in [1.807, 2.05) is 0 Å². The smallest absolute Gasteiger partial charge is 0.315 e. The van der Waals surface area contributed by atoms with Crippen molar-refractivity contribution in [3.63, 3.8) is 0 Å². The first-order valence-corrected chi connectivity index (χ1v) is 9.78. The maximum atomic E-state index is 11.9. The molecule has 3 amide bonds. The lowest BCUT2D eigenvalue weighted by molar-refractivity contribution is -0.122. The first-order chi connectivity index (χ1) is 11.7. The van der Waals surface area contributed by atoms with Crippen molar-refractivity contribution in [1.82, 2.24) is 21.3 Å². The largest absolute Gasteiger partial charge is 0.352 e. The molecule has 7 heteroatoms. The van der Waals surface area contributed by atoms with Crippen molar-refractivity contribution in [2.75, 3.05) is 19.6 Å². The summed E-state index contributed by atoms with van der Waals surface area (Å²) in [6, 6.07) is 0.623. The third-order valence-electron chi connectivity index (χ3n) is 4.97. The quantitative estimate of drug-likeness (QED) is 0.492. The number of carbonyl (C=O) groups is 2. The molecule has 1 atom stereocenters. The average Bonchev–Trinajstić information content (AvgIpc) is 2.60. The summed E-state index contributed by atoms with van der Waals surface area (Å²) in [4.78, 5) is 23.6. The highest BCUT2D eigenvalue weighted by Gasteiger charge is 2.16. The number of rotatable bonds is 8. The average molecular weight is 375 g/mol. The van der Waals surface area contributed by atoms with Crippen molar-refractivity contribution < 1.29 is 9.59 Å². The van der Waals surface area contributed by atoms with Crippen LogP contribution in [0.25, 0.3) is 0 Å². The summed E-state index contributed by atoms with van der Waals surface area (Å²) in [6.07, 6.45) is 11.6. The maximum absolute atomic E-state index is 11.9. The van der Waals surface area contributed by atoms with Gasteiger partial charge in [-0.05, 0) is 45.1 Å². The lowest BCUT2D eigenvalue weighted by atomic mass is 9.96. The summed E-state index contributed by atoms with van der Waals surface area (Å²) in [6.45, 7) is 2.65. The van der Waals surface area contributed by atoms with Crippen LogP contribution in [0.5, 0.6) is 0 Å². The van der Waals surface area contributed by atoms with E-state index in [0.717, 1.165) is 58.0 Å². The fraction of sp³-hybridized carbons (Fsp3) is 0.889. The molecule has 25 heavy (non-hydrogen) atoms. The molecule has 1 saturated carbocycles. The number of carbonyl (C=O) groups excluding carboxylic acids is 2. The third-order valence-corrected chi connectivity index (χ3v) is 4.97. The lowest BCUT2D eigenvalue weighted by Crippen LogP contribution is -2.45. The van der Waals surface area contributed by atoms with E-state index in [2.05, 4.69) is 21.3 Å². The third kappa shape index (κ3) is 9.90. The molecule has 0 radical (unpaired) electrons. The Labute approximate surface area is 158 Å². The van der Waals surface area contributed by atoms with E-state index in [9.17, 15) is 9.59 Å². The molecule has 0 bridgehead atoms. The van der Waals surface area contributed by atoms with Gasteiger partial charge in [-0.1, -0.05) is 25.7 Å². The highest BCUT2D eigenvalue weighted by Crippen LogP contribution is 2.17. The fourth-order valence-electron chi connectivity index (χ4n) is 3.55. The molecule has 1 saturated heterocycles. The summed E-state index contributed by atoms with van der Waals surface area (Å²) >= 11 is 0. The zero-order valence-corrected chi connectivity index (χ0v) is 16.1. The van der Waals surface area contributed by atoms with Crippen LogP contribution in [-0.2, 0) is 4.79 Å². The van der Waals surface area contributed by atoms with Gasteiger partial charge in [0.15, 0.2) is 0 Å². The molecular formula is C18H35ClN4O2. The maximum Gasteiger partial charge on any atom is 0.315 e. The standard InChI is InChI=1S/C18H34N4O2.ClH/c23-17(21-16-10-7-12-19-14-16)11-5-2-6-13-20-18(24)22-15-8-3-1-4-9-15;/h15-16,19H,1-14H2,(H,21,23)(H2,20,22,24);1H. The lowest BCUT2D eigenvalue weighted by Gasteiger charge is -2.23. The molecule has 4 N–H and O–H groups in total.